The largest absolute Gasteiger partial charge is 0.361 e. The quantitative estimate of drug-likeness (QED) is 0.917. The van der Waals surface area contributed by atoms with Gasteiger partial charge < -0.3 is 9.88 Å². The van der Waals surface area contributed by atoms with Crippen LogP contribution in [0.1, 0.15) is 10.4 Å². The average Bonchev–Trinajstić information content (AvgIpc) is 2.82. The first-order valence-electron chi connectivity index (χ1n) is 5.88. The Bertz CT molecular complexity index is 704. The van der Waals surface area contributed by atoms with E-state index in [0.717, 1.165) is 17.2 Å². The fourth-order valence-electron chi connectivity index (χ4n) is 1.87. The Morgan fingerprint density at radius 1 is 1.32 bits per heavy atom. The predicted octanol–water partition coefficient (Wildman–Crippen LogP) is 1.28. The number of amides is 1. The molecular weight excluding hydrogens is 264 g/mol. The van der Waals surface area contributed by atoms with Crippen molar-refractivity contribution < 1.29 is 13.2 Å². The summed E-state index contributed by atoms with van der Waals surface area (Å²) in [5.41, 5.74) is 1.33. The number of hydrogen-bond donors (Lipinski definition) is 1. The number of rotatable bonds is 4. The van der Waals surface area contributed by atoms with Crippen LogP contribution in [0.5, 0.6) is 0 Å². The maximum absolute atomic E-state index is 12.3. The molecule has 0 spiro atoms. The molecule has 0 radical (unpaired) electrons. The van der Waals surface area contributed by atoms with E-state index in [1.807, 2.05) is 18.2 Å². The van der Waals surface area contributed by atoms with Crippen LogP contribution in [0.4, 0.5) is 0 Å². The Labute approximate surface area is 112 Å². The second-order valence-corrected chi connectivity index (χ2v) is 6.86. The number of carbonyl (C=O) groups excluding carboxylic acids is 1. The molecular formula is C13H16N2O3S. The van der Waals surface area contributed by atoms with Crippen LogP contribution in [0.15, 0.2) is 30.5 Å². The molecule has 6 heteroatoms. The molecule has 1 heterocycles. The number of aromatic amines is 1. The van der Waals surface area contributed by atoms with E-state index in [-0.39, 0.29) is 18.2 Å². The summed E-state index contributed by atoms with van der Waals surface area (Å²) in [6.07, 6.45) is 2.94. The SMILES string of the molecule is CN(CCS(C)(=O)=O)C(=O)c1cccc2cc[nH]c12. The highest BCUT2D eigenvalue weighted by atomic mass is 32.2. The van der Waals surface area contributed by atoms with Crippen molar-refractivity contribution in [2.24, 2.45) is 0 Å². The van der Waals surface area contributed by atoms with Gasteiger partial charge in [0.1, 0.15) is 9.84 Å². The highest BCUT2D eigenvalue weighted by Crippen LogP contribution is 2.18. The molecule has 0 saturated heterocycles. The topological polar surface area (TPSA) is 70.2 Å². The maximum Gasteiger partial charge on any atom is 0.255 e. The zero-order valence-corrected chi connectivity index (χ0v) is 11.7. The summed E-state index contributed by atoms with van der Waals surface area (Å²) >= 11 is 0. The molecule has 2 aromatic rings. The zero-order chi connectivity index (χ0) is 14.0. The molecule has 0 bridgehead atoms. The van der Waals surface area contributed by atoms with E-state index >= 15 is 0 Å². The van der Waals surface area contributed by atoms with Crippen LogP contribution < -0.4 is 0 Å². The highest BCUT2D eigenvalue weighted by Gasteiger charge is 2.16. The van der Waals surface area contributed by atoms with E-state index in [1.54, 1.807) is 19.3 Å². The summed E-state index contributed by atoms with van der Waals surface area (Å²) in [6, 6.07) is 7.35. The van der Waals surface area contributed by atoms with Gasteiger partial charge >= 0.3 is 0 Å². The molecule has 102 valence electrons. The van der Waals surface area contributed by atoms with E-state index < -0.39 is 9.84 Å². The second kappa shape index (κ2) is 5.05. The van der Waals surface area contributed by atoms with Crippen LogP contribution in [0.2, 0.25) is 0 Å². The summed E-state index contributed by atoms with van der Waals surface area (Å²) in [5, 5.41) is 0.961. The number of benzene rings is 1. The molecule has 19 heavy (non-hydrogen) atoms. The summed E-state index contributed by atoms with van der Waals surface area (Å²) < 4.78 is 22.2. The van der Waals surface area contributed by atoms with Crippen molar-refractivity contribution in [3.05, 3.63) is 36.0 Å². The normalized spacial score (nSPS) is 11.7. The lowest BCUT2D eigenvalue weighted by atomic mass is 10.1. The smallest absolute Gasteiger partial charge is 0.255 e. The van der Waals surface area contributed by atoms with Crippen molar-refractivity contribution in [3.8, 4) is 0 Å². The van der Waals surface area contributed by atoms with Gasteiger partial charge in [-0.1, -0.05) is 12.1 Å². The molecule has 0 aliphatic carbocycles. The van der Waals surface area contributed by atoms with Crippen LogP contribution >= 0.6 is 0 Å². The van der Waals surface area contributed by atoms with Crippen molar-refractivity contribution in [2.45, 2.75) is 0 Å². The van der Waals surface area contributed by atoms with E-state index in [2.05, 4.69) is 4.98 Å². The number of aromatic nitrogens is 1. The first-order valence-corrected chi connectivity index (χ1v) is 7.94. The molecule has 0 aliphatic heterocycles. The van der Waals surface area contributed by atoms with E-state index in [0.29, 0.717) is 5.56 Å². The molecule has 2 rings (SSSR count). The van der Waals surface area contributed by atoms with E-state index in [1.165, 1.54) is 4.90 Å². The van der Waals surface area contributed by atoms with Crippen LogP contribution in [-0.4, -0.2) is 49.8 Å². The van der Waals surface area contributed by atoms with Gasteiger partial charge in [-0.2, -0.15) is 0 Å². The average molecular weight is 280 g/mol. The third-order valence-electron chi connectivity index (χ3n) is 2.96. The minimum absolute atomic E-state index is 0.0318. The number of fused-ring (bicyclic) bond motifs is 1. The maximum atomic E-state index is 12.3. The van der Waals surface area contributed by atoms with Gasteiger partial charge in [-0.05, 0) is 12.1 Å². The standard InChI is InChI=1S/C13H16N2O3S/c1-15(8-9-19(2,17)18)13(16)11-5-3-4-10-6-7-14-12(10)11/h3-7,14H,8-9H2,1-2H3. The third kappa shape index (κ3) is 3.14. The Morgan fingerprint density at radius 2 is 2.05 bits per heavy atom. The molecule has 0 atom stereocenters. The van der Waals surface area contributed by atoms with Gasteiger partial charge in [-0.3, -0.25) is 4.79 Å². The van der Waals surface area contributed by atoms with E-state index in [4.69, 9.17) is 0 Å². The van der Waals surface area contributed by atoms with Crippen LogP contribution in [0.3, 0.4) is 0 Å². The molecule has 1 amide bonds. The number of para-hydroxylation sites is 1. The highest BCUT2D eigenvalue weighted by molar-refractivity contribution is 7.90. The number of hydrogen-bond acceptors (Lipinski definition) is 3. The van der Waals surface area contributed by atoms with Crippen molar-refractivity contribution in [2.75, 3.05) is 25.6 Å². The van der Waals surface area contributed by atoms with Gasteiger partial charge in [0.15, 0.2) is 0 Å². The molecule has 0 saturated carbocycles. The molecule has 0 aliphatic rings. The van der Waals surface area contributed by atoms with Gasteiger partial charge in [0.05, 0.1) is 16.8 Å². The lowest BCUT2D eigenvalue weighted by molar-refractivity contribution is 0.0805. The van der Waals surface area contributed by atoms with Crippen molar-refractivity contribution in [1.29, 1.82) is 0 Å². The minimum Gasteiger partial charge on any atom is -0.361 e. The molecule has 1 N–H and O–H groups in total. The zero-order valence-electron chi connectivity index (χ0n) is 10.9. The van der Waals surface area contributed by atoms with Crippen LogP contribution in [0, 0.1) is 0 Å². The first-order chi connectivity index (χ1) is 8.88. The van der Waals surface area contributed by atoms with Gasteiger partial charge in [-0.25, -0.2) is 8.42 Å². The number of carbonyl (C=O) groups is 1. The Kier molecular flexibility index (Phi) is 3.61. The number of sulfone groups is 1. The summed E-state index contributed by atoms with van der Waals surface area (Å²) in [5.74, 6) is -0.215. The lowest BCUT2D eigenvalue weighted by Crippen LogP contribution is -2.31. The molecule has 1 aromatic carbocycles. The first kappa shape index (κ1) is 13.6. The Balaban J connectivity index is 2.22. The Morgan fingerprint density at radius 3 is 2.74 bits per heavy atom. The summed E-state index contributed by atoms with van der Waals surface area (Å²) in [4.78, 5) is 16.7. The summed E-state index contributed by atoms with van der Waals surface area (Å²) in [7, 11) is -1.46. The number of nitrogens with zero attached hydrogens (tertiary/aromatic N) is 1. The second-order valence-electron chi connectivity index (χ2n) is 4.60. The van der Waals surface area contributed by atoms with Crippen molar-refractivity contribution in [3.63, 3.8) is 0 Å². The molecule has 0 unspecified atom stereocenters. The van der Waals surface area contributed by atoms with Crippen molar-refractivity contribution >= 4 is 26.6 Å². The van der Waals surface area contributed by atoms with E-state index in [9.17, 15) is 13.2 Å². The monoisotopic (exact) mass is 280 g/mol. The fraction of sp³-hybridized carbons (Fsp3) is 0.308. The van der Waals surface area contributed by atoms with Gasteiger partial charge in [0, 0.05) is 31.4 Å². The predicted molar refractivity (Wildman–Crippen MR) is 75.0 cm³/mol. The van der Waals surface area contributed by atoms with Crippen LogP contribution in [0.25, 0.3) is 10.9 Å². The van der Waals surface area contributed by atoms with Crippen LogP contribution in [-0.2, 0) is 9.84 Å². The fourth-order valence-corrected chi connectivity index (χ4v) is 2.48. The summed E-state index contributed by atoms with van der Waals surface area (Å²) in [6.45, 7) is 0.189. The Hall–Kier alpha value is -1.82. The van der Waals surface area contributed by atoms with Gasteiger partial charge in [0.2, 0.25) is 0 Å². The van der Waals surface area contributed by atoms with Gasteiger partial charge in [-0.15, -0.1) is 0 Å². The molecule has 0 fully saturated rings. The van der Waals surface area contributed by atoms with Crippen molar-refractivity contribution in [1.82, 2.24) is 9.88 Å². The molecule has 5 nitrogen and oxygen atoms in total. The number of nitrogens with one attached hydrogen (secondary N) is 1. The lowest BCUT2D eigenvalue weighted by Gasteiger charge is -2.17. The van der Waals surface area contributed by atoms with Gasteiger partial charge in [0.25, 0.3) is 5.91 Å². The minimum atomic E-state index is -3.07. The number of H-pyrrole nitrogens is 1. The third-order valence-corrected chi connectivity index (χ3v) is 3.89. The molecule has 1 aromatic heterocycles.